The Morgan fingerprint density at radius 2 is 2.00 bits per heavy atom. The molecule has 5 nitrogen and oxygen atoms in total. The van der Waals surface area contributed by atoms with Gasteiger partial charge in [0.05, 0.1) is 37.4 Å². The van der Waals surface area contributed by atoms with E-state index in [9.17, 15) is 0 Å². The van der Waals surface area contributed by atoms with E-state index in [2.05, 4.69) is 16.5 Å². The molecule has 1 aliphatic rings. The van der Waals surface area contributed by atoms with Crippen molar-refractivity contribution in [2.24, 2.45) is 0 Å². The smallest absolute Gasteiger partial charge is 0.178 e. The van der Waals surface area contributed by atoms with Gasteiger partial charge < -0.3 is 23.8 Å². The molecule has 1 N–H and O–H groups in total. The molecule has 3 rings (SSSR count). The first-order chi connectivity index (χ1) is 9.65. The van der Waals surface area contributed by atoms with Crippen molar-refractivity contribution in [3.63, 3.8) is 0 Å². The fraction of sp³-hybridized carbons (Fsp3) is 0.500. The van der Waals surface area contributed by atoms with Crippen LogP contribution in [0.3, 0.4) is 0 Å². The third-order valence-electron chi connectivity index (χ3n) is 3.89. The zero-order chi connectivity index (χ0) is 14.3. The molecule has 0 saturated carbocycles. The Hall–Kier alpha value is -1.53. The number of aromatic amines is 1. The van der Waals surface area contributed by atoms with Crippen molar-refractivity contribution >= 4 is 23.3 Å². The van der Waals surface area contributed by atoms with Crippen molar-refractivity contribution in [3.05, 3.63) is 16.9 Å². The molecule has 0 amide bonds. The highest BCUT2D eigenvalue weighted by Crippen LogP contribution is 2.35. The third kappa shape index (κ3) is 1.99. The normalized spacial score (nSPS) is 22.4. The van der Waals surface area contributed by atoms with Crippen molar-refractivity contribution in [3.8, 4) is 11.5 Å². The van der Waals surface area contributed by atoms with Crippen molar-refractivity contribution in [2.45, 2.75) is 25.5 Å². The number of nitrogens with zero attached hydrogens (tertiary/aromatic N) is 1. The molecule has 1 aromatic carbocycles. The van der Waals surface area contributed by atoms with Crippen LogP contribution in [0.1, 0.15) is 19.4 Å². The maximum atomic E-state index is 5.66. The number of rotatable bonds is 3. The minimum Gasteiger partial charge on any atom is -0.493 e. The molecule has 1 saturated heterocycles. The largest absolute Gasteiger partial charge is 0.493 e. The zero-order valence-electron chi connectivity index (χ0n) is 11.8. The summed E-state index contributed by atoms with van der Waals surface area (Å²) >= 11 is 5.47. The second kappa shape index (κ2) is 5.10. The quantitative estimate of drug-likeness (QED) is 0.884. The molecular formula is C14H18N2O3S. The standard InChI is InChI=1S/C14H18N2O3S/c1-8-10(4-5-19-8)16-11-7-13(18-3)12(17-2)6-9(11)15-14(16)20/h6-8,10H,4-5H2,1-3H3,(H,15,20). The van der Waals surface area contributed by atoms with Crippen molar-refractivity contribution < 1.29 is 14.2 Å². The highest BCUT2D eigenvalue weighted by atomic mass is 32.1. The number of hydrogen-bond acceptors (Lipinski definition) is 4. The van der Waals surface area contributed by atoms with Gasteiger partial charge in [-0.05, 0) is 25.6 Å². The van der Waals surface area contributed by atoms with Crippen LogP contribution < -0.4 is 9.47 Å². The topological polar surface area (TPSA) is 48.4 Å². The van der Waals surface area contributed by atoms with Gasteiger partial charge in [0, 0.05) is 18.7 Å². The minimum absolute atomic E-state index is 0.161. The summed E-state index contributed by atoms with van der Waals surface area (Å²) in [5.41, 5.74) is 1.97. The molecule has 2 unspecified atom stereocenters. The van der Waals surface area contributed by atoms with Gasteiger partial charge in [0.15, 0.2) is 16.3 Å². The molecule has 20 heavy (non-hydrogen) atoms. The van der Waals surface area contributed by atoms with Gasteiger partial charge in [0.2, 0.25) is 0 Å². The van der Waals surface area contributed by atoms with Crippen molar-refractivity contribution in [1.82, 2.24) is 9.55 Å². The third-order valence-corrected chi connectivity index (χ3v) is 4.19. The van der Waals surface area contributed by atoms with E-state index >= 15 is 0 Å². The molecule has 0 bridgehead atoms. The molecule has 6 heteroatoms. The lowest BCUT2D eigenvalue weighted by atomic mass is 10.1. The maximum Gasteiger partial charge on any atom is 0.178 e. The highest BCUT2D eigenvalue weighted by Gasteiger charge is 2.28. The van der Waals surface area contributed by atoms with Crippen LogP contribution in [0, 0.1) is 4.77 Å². The number of nitrogens with one attached hydrogen (secondary N) is 1. The predicted molar refractivity (Wildman–Crippen MR) is 79.3 cm³/mol. The lowest BCUT2D eigenvalue weighted by Crippen LogP contribution is -2.16. The monoisotopic (exact) mass is 294 g/mol. The average Bonchev–Trinajstić information content (AvgIpc) is 2.99. The number of imidazole rings is 1. The van der Waals surface area contributed by atoms with Gasteiger partial charge in [0.25, 0.3) is 0 Å². The Labute approximate surface area is 122 Å². The second-order valence-corrected chi connectivity index (χ2v) is 5.34. The van der Waals surface area contributed by atoms with Crippen molar-refractivity contribution in [1.29, 1.82) is 0 Å². The minimum atomic E-state index is 0.161. The number of ether oxygens (including phenoxy) is 3. The molecule has 0 spiro atoms. The molecule has 1 fully saturated rings. The number of aromatic nitrogens is 2. The van der Waals surface area contributed by atoms with Crippen LogP contribution in [-0.2, 0) is 4.74 Å². The molecule has 1 aliphatic heterocycles. The van der Waals surface area contributed by atoms with E-state index in [0.29, 0.717) is 16.3 Å². The van der Waals surface area contributed by atoms with E-state index in [1.54, 1.807) is 14.2 Å². The highest BCUT2D eigenvalue weighted by molar-refractivity contribution is 7.71. The summed E-state index contributed by atoms with van der Waals surface area (Å²) in [6.45, 7) is 2.85. The summed E-state index contributed by atoms with van der Waals surface area (Å²) < 4.78 is 19.2. The van der Waals surface area contributed by atoms with Gasteiger partial charge in [-0.2, -0.15) is 0 Å². The Bertz CT molecular complexity index is 692. The van der Waals surface area contributed by atoms with Gasteiger partial charge in [-0.25, -0.2) is 0 Å². The lowest BCUT2D eigenvalue weighted by Gasteiger charge is -2.17. The summed E-state index contributed by atoms with van der Waals surface area (Å²) in [6.07, 6.45) is 1.13. The summed E-state index contributed by atoms with van der Waals surface area (Å²) in [5.74, 6) is 1.40. The van der Waals surface area contributed by atoms with Crippen LogP contribution in [0.15, 0.2) is 12.1 Å². The number of benzene rings is 1. The van der Waals surface area contributed by atoms with Crippen LogP contribution in [0.2, 0.25) is 0 Å². The molecule has 2 aromatic rings. The fourth-order valence-corrected chi connectivity index (χ4v) is 3.18. The van der Waals surface area contributed by atoms with Crippen LogP contribution >= 0.6 is 12.2 Å². The fourth-order valence-electron chi connectivity index (χ4n) is 2.84. The molecule has 0 aliphatic carbocycles. The SMILES string of the molecule is COc1cc2[nH]c(=S)n(C3CCOC3C)c2cc1OC. The van der Waals surface area contributed by atoms with E-state index in [4.69, 9.17) is 26.4 Å². The Balaban J connectivity index is 2.22. The Kier molecular flexibility index (Phi) is 3.43. The Morgan fingerprint density at radius 1 is 1.30 bits per heavy atom. The van der Waals surface area contributed by atoms with Crippen LogP contribution in [0.4, 0.5) is 0 Å². The molecule has 0 radical (unpaired) electrons. The van der Waals surface area contributed by atoms with Crippen LogP contribution in [-0.4, -0.2) is 36.5 Å². The first-order valence-electron chi connectivity index (χ1n) is 6.63. The summed E-state index contributed by atoms with van der Waals surface area (Å²) in [6, 6.07) is 4.14. The van der Waals surface area contributed by atoms with E-state index < -0.39 is 0 Å². The number of hydrogen-bond donors (Lipinski definition) is 1. The number of methoxy groups -OCH3 is 2. The van der Waals surface area contributed by atoms with Gasteiger partial charge >= 0.3 is 0 Å². The maximum absolute atomic E-state index is 5.66. The summed E-state index contributed by atoms with van der Waals surface area (Å²) in [7, 11) is 3.26. The van der Waals surface area contributed by atoms with Crippen LogP contribution in [0.25, 0.3) is 11.0 Å². The number of H-pyrrole nitrogens is 1. The van der Waals surface area contributed by atoms with E-state index in [0.717, 1.165) is 24.1 Å². The average molecular weight is 294 g/mol. The van der Waals surface area contributed by atoms with E-state index in [1.807, 2.05) is 12.1 Å². The molecule has 2 atom stereocenters. The van der Waals surface area contributed by atoms with Crippen molar-refractivity contribution in [2.75, 3.05) is 20.8 Å². The number of fused-ring (bicyclic) bond motifs is 1. The van der Waals surface area contributed by atoms with Crippen LogP contribution in [0.5, 0.6) is 11.5 Å². The van der Waals surface area contributed by atoms with Gasteiger partial charge in [-0.1, -0.05) is 0 Å². The molecular weight excluding hydrogens is 276 g/mol. The first-order valence-corrected chi connectivity index (χ1v) is 7.04. The Morgan fingerprint density at radius 3 is 2.60 bits per heavy atom. The van der Waals surface area contributed by atoms with Gasteiger partial charge in [-0.3, -0.25) is 0 Å². The molecule has 1 aromatic heterocycles. The zero-order valence-corrected chi connectivity index (χ0v) is 12.6. The van der Waals surface area contributed by atoms with E-state index in [-0.39, 0.29) is 12.1 Å². The van der Waals surface area contributed by atoms with Gasteiger partial charge in [0.1, 0.15) is 0 Å². The van der Waals surface area contributed by atoms with Gasteiger partial charge in [-0.15, -0.1) is 0 Å². The van der Waals surface area contributed by atoms with E-state index in [1.165, 1.54) is 0 Å². The second-order valence-electron chi connectivity index (χ2n) is 4.96. The predicted octanol–water partition coefficient (Wildman–Crippen LogP) is 3.07. The molecule has 2 heterocycles. The summed E-state index contributed by atoms with van der Waals surface area (Å²) in [4.78, 5) is 3.24. The summed E-state index contributed by atoms with van der Waals surface area (Å²) in [5, 5.41) is 0. The lowest BCUT2D eigenvalue weighted by molar-refractivity contribution is 0.108. The first kappa shape index (κ1) is 13.5. The molecule has 108 valence electrons.